The number of carbonyl (C=O) groups excluding carboxylic acids is 1. The van der Waals surface area contributed by atoms with Gasteiger partial charge < -0.3 is 23.8 Å². The Morgan fingerprint density at radius 3 is 2.62 bits per heavy atom. The van der Waals surface area contributed by atoms with Crippen molar-refractivity contribution in [3.8, 4) is 17.2 Å². The molecule has 8 heteroatoms. The van der Waals surface area contributed by atoms with E-state index >= 15 is 0 Å². The molecule has 3 aromatic rings. The third-order valence-corrected chi connectivity index (χ3v) is 4.90. The van der Waals surface area contributed by atoms with Crippen LogP contribution < -0.4 is 19.1 Å². The van der Waals surface area contributed by atoms with Crippen LogP contribution in [0.2, 0.25) is 0 Å². The van der Waals surface area contributed by atoms with Crippen LogP contribution in [0.15, 0.2) is 42.6 Å². The molecule has 150 valence electrons. The summed E-state index contributed by atoms with van der Waals surface area (Å²) in [6, 6.07) is 10.9. The fourth-order valence-corrected chi connectivity index (χ4v) is 3.45. The molecule has 29 heavy (non-hydrogen) atoms. The topological polar surface area (TPSA) is 83.0 Å². The third-order valence-electron chi connectivity index (χ3n) is 4.90. The van der Waals surface area contributed by atoms with Gasteiger partial charge in [-0.2, -0.15) is 10.2 Å². The molecule has 1 aliphatic rings. The number of rotatable bonds is 5. The number of nitrogens with zero attached hydrogens (tertiary/aromatic N) is 3. The highest BCUT2D eigenvalue weighted by molar-refractivity contribution is 6.05. The predicted octanol–water partition coefficient (Wildman–Crippen LogP) is 2.76. The highest BCUT2D eigenvalue weighted by Gasteiger charge is 2.33. The molecule has 0 aliphatic carbocycles. The van der Waals surface area contributed by atoms with Crippen LogP contribution in [-0.2, 0) is 9.53 Å². The van der Waals surface area contributed by atoms with Crippen LogP contribution in [0.1, 0.15) is 11.7 Å². The Hall–Kier alpha value is -3.39. The average Bonchev–Trinajstić information content (AvgIpc) is 2.78. The maximum Gasteiger partial charge on any atom is 0.260 e. The van der Waals surface area contributed by atoms with E-state index in [4.69, 9.17) is 18.9 Å². The zero-order valence-corrected chi connectivity index (χ0v) is 16.4. The second-order valence-electron chi connectivity index (χ2n) is 6.47. The molecule has 0 N–H and O–H groups in total. The highest BCUT2D eigenvalue weighted by Crippen LogP contribution is 2.37. The molecule has 0 radical (unpaired) electrons. The summed E-state index contributed by atoms with van der Waals surface area (Å²) in [6.45, 7) is 0.805. The number of ether oxygens (including phenoxy) is 4. The molecule has 8 nitrogen and oxygen atoms in total. The van der Waals surface area contributed by atoms with E-state index in [1.165, 1.54) is 0 Å². The number of carbonyl (C=O) groups is 1. The maximum absolute atomic E-state index is 13.3. The molecule has 1 aliphatic heterocycles. The van der Waals surface area contributed by atoms with Crippen LogP contribution in [0.5, 0.6) is 17.2 Å². The van der Waals surface area contributed by atoms with E-state index in [0.29, 0.717) is 41.6 Å². The molecule has 2 heterocycles. The van der Waals surface area contributed by atoms with Gasteiger partial charge in [-0.15, -0.1) is 0 Å². The molecule has 1 aromatic heterocycles. The minimum absolute atomic E-state index is 0.173. The molecule has 2 aromatic carbocycles. The summed E-state index contributed by atoms with van der Waals surface area (Å²) in [7, 11) is 4.72. The van der Waals surface area contributed by atoms with Crippen LogP contribution in [0.3, 0.4) is 0 Å². The molecule has 0 saturated carbocycles. The number of morpholine rings is 1. The third kappa shape index (κ3) is 3.42. The van der Waals surface area contributed by atoms with Crippen molar-refractivity contribution in [1.82, 2.24) is 10.2 Å². The van der Waals surface area contributed by atoms with E-state index in [9.17, 15) is 4.79 Å². The summed E-state index contributed by atoms with van der Waals surface area (Å²) in [5, 5.41) is 9.00. The standard InChI is InChI=1S/C21H21N3O5/c1-26-14-6-4-5-13(9-14)20-21(25)24(7-8-29-20)17-12-22-23-16-11-19(28-3)18(27-2)10-15(16)17/h4-6,9-12,20H,7-8H2,1-3H3. The van der Waals surface area contributed by atoms with E-state index in [2.05, 4.69) is 10.2 Å². The second-order valence-corrected chi connectivity index (χ2v) is 6.47. The first-order valence-electron chi connectivity index (χ1n) is 9.10. The predicted molar refractivity (Wildman–Crippen MR) is 107 cm³/mol. The van der Waals surface area contributed by atoms with E-state index in [0.717, 1.165) is 10.9 Å². The van der Waals surface area contributed by atoms with Crippen molar-refractivity contribution in [1.29, 1.82) is 0 Å². The van der Waals surface area contributed by atoms with Crippen molar-refractivity contribution in [3.05, 3.63) is 48.2 Å². The van der Waals surface area contributed by atoms with Gasteiger partial charge in [-0.05, 0) is 23.8 Å². The van der Waals surface area contributed by atoms with Crippen molar-refractivity contribution >= 4 is 22.5 Å². The molecule has 1 atom stereocenters. The summed E-state index contributed by atoms with van der Waals surface area (Å²) in [6.07, 6.45) is 0.863. The number of methoxy groups -OCH3 is 3. The van der Waals surface area contributed by atoms with Crippen molar-refractivity contribution in [3.63, 3.8) is 0 Å². The molecule has 1 saturated heterocycles. The van der Waals surface area contributed by atoms with E-state index in [1.807, 2.05) is 30.3 Å². The molecule has 1 fully saturated rings. The lowest BCUT2D eigenvalue weighted by molar-refractivity contribution is -0.134. The smallest absolute Gasteiger partial charge is 0.260 e. The van der Waals surface area contributed by atoms with Gasteiger partial charge >= 0.3 is 0 Å². The number of hydrogen-bond donors (Lipinski definition) is 0. The van der Waals surface area contributed by atoms with Crippen LogP contribution in [0.4, 0.5) is 5.69 Å². The number of hydrogen-bond acceptors (Lipinski definition) is 7. The van der Waals surface area contributed by atoms with Crippen LogP contribution in [0.25, 0.3) is 10.9 Å². The van der Waals surface area contributed by atoms with Gasteiger partial charge in [-0.3, -0.25) is 4.79 Å². The first kappa shape index (κ1) is 18.9. The molecule has 1 unspecified atom stereocenters. The van der Waals surface area contributed by atoms with Gasteiger partial charge in [0.25, 0.3) is 5.91 Å². The van der Waals surface area contributed by atoms with Crippen molar-refractivity contribution in [2.24, 2.45) is 0 Å². The summed E-state index contributed by atoms with van der Waals surface area (Å²) in [5.41, 5.74) is 2.00. The molecular weight excluding hydrogens is 374 g/mol. The molecule has 0 spiro atoms. The number of anilines is 1. The molecular formula is C21H21N3O5. The number of aromatic nitrogens is 2. The molecule has 1 amide bonds. The maximum atomic E-state index is 13.3. The first-order valence-corrected chi connectivity index (χ1v) is 9.10. The summed E-state index contributed by atoms with van der Waals surface area (Å²) in [4.78, 5) is 15.0. The van der Waals surface area contributed by atoms with E-state index in [-0.39, 0.29) is 5.91 Å². The van der Waals surface area contributed by atoms with Crippen molar-refractivity contribution in [2.45, 2.75) is 6.10 Å². The minimum Gasteiger partial charge on any atom is -0.497 e. The van der Waals surface area contributed by atoms with Gasteiger partial charge in [0.2, 0.25) is 0 Å². The molecule has 4 rings (SSSR count). The Bertz CT molecular complexity index is 1060. The zero-order valence-electron chi connectivity index (χ0n) is 16.4. The lowest BCUT2D eigenvalue weighted by atomic mass is 10.1. The normalized spacial score (nSPS) is 16.7. The lowest BCUT2D eigenvalue weighted by Gasteiger charge is -2.33. The fraction of sp³-hybridized carbons (Fsp3) is 0.286. The second kappa shape index (κ2) is 7.92. The summed E-state index contributed by atoms with van der Waals surface area (Å²) in [5.74, 6) is 1.60. The number of amides is 1. The van der Waals surface area contributed by atoms with Crippen LogP contribution in [0, 0.1) is 0 Å². The van der Waals surface area contributed by atoms with E-state index in [1.54, 1.807) is 38.5 Å². The Morgan fingerprint density at radius 2 is 1.86 bits per heavy atom. The average molecular weight is 395 g/mol. The lowest BCUT2D eigenvalue weighted by Crippen LogP contribution is -2.43. The monoisotopic (exact) mass is 395 g/mol. The summed E-state index contributed by atoms with van der Waals surface area (Å²) >= 11 is 0. The largest absolute Gasteiger partial charge is 0.497 e. The van der Waals surface area contributed by atoms with Gasteiger partial charge in [0.05, 0.1) is 45.3 Å². The number of benzene rings is 2. The van der Waals surface area contributed by atoms with Gasteiger partial charge in [-0.1, -0.05) is 12.1 Å². The minimum atomic E-state index is -0.720. The Labute approximate surface area is 168 Å². The van der Waals surface area contributed by atoms with Crippen LogP contribution in [-0.4, -0.2) is 50.6 Å². The Balaban J connectivity index is 1.75. The van der Waals surface area contributed by atoms with Gasteiger partial charge in [0.1, 0.15) is 5.75 Å². The number of fused-ring (bicyclic) bond motifs is 1. The van der Waals surface area contributed by atoms with Gasteiger partial charge in [0.15, 0.2) is 17.6 Å². The highest BCUT2D eigenvalue weighted by atomic mass is 16.5. The quantitative estimate of drug-likeness (QED) is 0.657. The summed E-state index contributed by atoms with van der Waals surface area (Å²) < 4.78 is 21.8. The Morgan fingerprint density at radius 1 is 1.07 bits per heavy atom. The van der Waals surface area contributed by atoms with Crippen molar-refractivity contribution in [2.75, 3.05) is 39.4 Å². The van der Waals surface area contributed by atoms with Gasteiger partial charge in [-0.25, -0.2) is 0 Å². The van der Waals surface area contributed by atoms with Gasteiger partial charge in [0, 0.05) is 18.0 Å². The van der Waals surface area contributed by atoms with Crippen LogP contribution >= 0.6 is 0 Å². The first-order chi connectivity index (χ1) is 14.2. The Kier molecular flexibility index (Phi) is 5.18. The van der Waals surface area contributed by atoms with Crippen molar-refractivity contribution < 1.29 is 23.7 Å². The fourth-order valence-electron chi connectivity index (χ4n) is 3.45. The van der Waals surface area contributed by atoms with E-state index < -0.39 is 6.10 Å². The SMILES string of the molecule is COc1cccc(C2OCCN(c3cnnc4cc(OC)c(OC)cc34)C2=O)c1. The molecule has 0 bridgehead atoms. The zero-order chi connectivity index (χ0) is 20.4.